The fourth-order valence-electron chi connectivity index (χ4n) is 2.60. The maximum absolute atomic E-state index is 12.9. The summed E-state index contributed by atoms with van der Waals surface area (Å²) in [5.74, 6) is -1.91. The van der Waals surface area contributed by atoms with Gasteiger partial charge >= 0.3 is 5.97 Å². The van der Waals surface area contributed by atoms with Gasteiger partial charge in [0.2, 0.25) is 0 Å². The fraction of sp³-hybridized carbons (Fsp3) is 0.444. The lowest BCUT2D eigenvalue weighted by atomic mass is 10.1. The van der Waals surface area contributed by atoms with E-state index in [0.717, 1.165) is 10.9 Å². The van der Waals surface area contributed by atoms with Gasteiger partial charge < -0.3 is 19.7 Å². The second-order valence-electron chi connectivity index (χ2n) is 5.90. The average molecular weight is 367 g/mol. The van der Waals surface area contributed by atoms with Crippen LogP contribution in [0.5, 0.6) is 0 Å². The zero-order valence-electron chi connectivity index (χ0n) is 14.4. The quantitative estimate of drug-likeness (QED) is 0.666. The van der Waals surface area contributed by atoms with Crippen molar-refractivity contribution in [3.63, 3.8) is 0 Å². The van der Waals surface area contributed by atoms with Crippen molar-refractivity contribution in [1.29, 1.82) is 0 Å². The normalized spacial score (nSPS) is 12.3. The molecule has 2 N–H and O–H groups in total. The van der Waals surface area contributed by atoms with E-state index in [1.807, 2.05) is 31.2 Å². The Morgan fingerprint density at radius 1 is 1.36 bits per heavy atom. The minimum Gasteiger partial charge on any atom is -0.481 e. The second kappa shape index (κ2) is 8.87. The van der Waals surface area contributed by atoms with Crippen LogP contribution in [0.25, 0.3) is 10.9 Å². The number of carbonyl (C=O) groups excluding carboxylic acids is 1. The largest absolute Gasteiger partial charge is 0.481 e. The molecule has 1 aromatic carbocycles. The summed E-state index contributed by atoms with van der Waals surface area (Å²) in [6, 6.07) is 7.39. The summed E-state index contributed by atoms with van der Waals surface area (Å²) in [7, 11) is 0. The number of fused-ring (bicyclic) bond motifs is 1. The number of amides is 1. The molecule has 25 heavy (non-hydrogen) atoms. The molecule has 0 aliphatic rings. The van der Waals surface area contributed by atoms with Crippen molar-refractivity contribution in [2.75, 3.05) is 26.3 Å². The summed E-state index contributed by atoms with van der Waals surface area (Å²) in [6.07, 6.45) is 0.629. The van der Waals surface area contributed by atoms with Gasteiger partial charge in [0.05, 0.1) is 10.9 Å². The van der Waals surface area contributed by atoms with Crippen LogP contribution in [-0.2, 0) is 9.53 Å². The van der Waals surface area contributed by atoms with Gasteiger partial charge in [-0.05, 0) is 19.4 Å². The zero-order chi connectivity index (χ0) is 18.4. The van der Waals surface area contributed by atoms with Gasteiger partial charge in [0, 0.05) is 37.2 Å². The molecule has 136 valence electrons. The molecule has 1 unspecified atom stereocenters. The van der Waals surface area contributed by atoms with Crippen molar-refractivity contribution in [3.05, 3.63) is 35.0 Å². The Labute approximate surface area is 151 Å². The van der Waals surface area contributed by atoms with E-state index in [9.17, 15) is 9.59 Å². The summed E-state index contributed by atoms with van der Waals surface area (Å²) < 4.78 is 5.31. The maximum atomic E-state index is 12.9. The van der Waals surface area contributed by atoms with Gasteiger partial charge in [0.15, 0.2) is 0 Å². The second-order valence-corrected chi connectivity index (χ2v) is 6.28. The minimum atomic E-state index is -0.939. The number of hydrogen-bond acceptors (Lipinski definition) is 3. The summed E-state index contributed by atoms with van der Waals surface area (Å²) in [4.78, 5) is 28.7. The lowest BCUT2D eigenvalue weighted by Crippen LogP contribution is -2.38. The van der Waals surface area contributed by atoms with E-state index < -0.39 is 11.9 Å². The van der Waals surface area contributed by atoms with Crippen molar-refractivity contribution < 1.29 is 19.4 Å². The molecule has 1 atom stereocenters. The molecule has 6 nitrogen and oxygen atoms in total. The molecule has 0 saturated heterocycles. The highest BCUT2D eigenvalue weighted by Gasteiger charge is 2.25. The number of hydrogen-bond donors (Lipinski definition) is 2. The molecular weight excluding hydrogens is 344 g/mol. The van der Waals surface area contributed by atoms with E-state index in [0.29, 0.717) is 31.2 Å². The molecule has 1 aromatic heterocycles. The Kier molecular flexibility index (Phi) is 6.84. The van der Waals surface area contributed by atoms with E-state index in [-0.39, 0.29) is 18.1 Å². The summed E-state index contributed by atoms with van der Waals surface area (Å²) in [6.45, 7) is 5.13. The number of H-pyrrole nitrogens is 1. The van der Waals surface area contributed by atoms with Crippen molar-refractivity contribution >= 4 is 34.4 Å². The molecule has 2 rings (SSSR count). The Morgan fingerprint density at radius 2 is 2.08 bits per heavy atom. The molecule has 7 heteroatoms. The molecular formula is C18H23ClN2O4. The molecule has 1 amide bonds. The minimum absolute atomic E-state index is 0.117. The van der Waals surface area contributed by atoms with E-state index in [2.05, 4.69) is 4.98 Å². The zero-order valence-corrected chi connectivity index (χ0v) is 15.2. The number of aliphatic carboxylic acids is 1. The van der Waals surface area contributed by atoms with E-state index in [1.165, 1.54) is 4.90 Å². The molecule has 0 aliphatic carbocycles. The Bertz CT molecular complexity index is 744. The topological polar surface area (TPSA) is 82.6 Å². The number of benzene rings is 1. The van der Waals surface area contributed by atoms with Crippen molar-refractivity contribution in [2.45, 2.75) is 20.3 Å². The van der Waals surface area contributed by atoms with Crippen LogP contribution in [0.15, 0.2) is 24.3 Å². The van der Waals surface area contributed by atoms with Crippen LogP contribution in [0, 0.1) is 5.92 Å². The highest BCUT2D eigenvalue weighted by Crippen LogP contribution is 2.28. The number of carboxylic acid groups (broad SMARTS) is 1. The smallest absolute Gasteiger partial charge is 0.308 e. The van der Waals surface area contributed by atoms with Gasteiger partial charge in [-0.3, -0.25) is 9.59 Å². The van der Waals surface area contributed by atoms with Crippen LogP contribution >= 0.6 is 11.6 Å². The highest BCUT2D eigenvalue weighted by molar-refractivity contribution is 6.38. The first-order valence-corrected chi connectivity index (χ1v) is 8.69. The predicted octanol–water partition coefficient (Wildman–Crippen LogP) is 3.41. The molecule has 0 fully saturated rings. The Morgan fingerprint density at radius 3 is 2.72 bits per heavy atom. The standard InChI is InChI=1S/C18H23ClN2O4/c1-3-25-10-6-9-21(11-12(2)18(23)24)17(22)16-15(19)13-7-4-5-8-14(13)20-16/h4-5,7-8,12,20H,3,6,9-11H2,1-2H3,(H,23,24). The first-order chi connectivity index (χ1) is 12.0. The summed E-state index contributed by atoms with van der Waals surface area (Å²) in [5, 5.41) is 10.3. The van der Waals surface area contributed by atoms with Gasteiger partial charge in [0.25, 0.3) is 5.91 Å². The number of nitrogens with one attached hydrogen (secondary N) is 1. The summed E-state index contributed by atoms with van der Waals surface area (Å²) >= 11 is 6.36. The Hall–Kier alpha value is -2.05. The van der Waals surface area contributed by atoms with Crippen LogP contribution < -0.4 is 0 Å². The van der Waals surface area contributed by atoms with Gasteiger partial charge in [-0.2, -0.15) is 0 Å². The van der Waals surface area contributed by atoms with Crippen molar-refractivity contribution in [3.8, 4) is 0 Å². The third-order valence-electron chi connectivity index (χ3n) is 3.98. The number of halogens is 1. The van der Waals surface area contributed by atoms with Crippen LogP contribution in [0.2, 0.25) is 5.02 Å². The summed E-state index contributed by atoms with van der Waals surface area (Å²) in [5.41, 5.74) is 1.06. The van der Waals surface area contributed by atoms with E-state index in [4.69, 9.17) is 21.4 Å². The van der Waals surface area contributed by atoms with Crippen LogP contribution in [-0.4, -0.2) is 53.2 Å². The Balaban J connectivity index is 2.22. The van der Waals surface area contributed by atoms with Crippen molar-refractivity contribution in [2.24, 2.45) is 5.92 Å². The highest BCUT2D eigenvalue weighted by atomic mass is 35.5. The average Bonchev–Trinajstić information content (AvgIpc) is 2.94. The van der Waals surface area contributed by atoms with Crippen LogP contribution in [0.3, 0.4) is 0 Å². The monoisotopic (exact) mass is 366 g/mol. The lowest BCUT2D eigenvalue weighted by molar-refractivity contribution is -0.141. The van der Waals surface area contributed by atoms with Gasteiger partial charge in [0.1, 0.15) is 5.69 Å². The maximum Gasteiger partial charge on any atom is 0.308 e. The van der Waals surface area contributed by atoms with E-state index in [1.54, 1.807) is 6.92 Å². The number of aromatic nitrogens is 1. The first-order valence-electron chi connectivity index (χ1n) is 8.31. The molecule has 0 saturated carbocycles. The van der Waals surface area contributed by atoms with Crippen LogP contribution in [0.1, 0.15) is 30.8 Å². The number of carbonyl (C=O) groups is 2. The van der Waals surface area contributed by atoms with Gasteiger partial charge in [-0.25, -0.2) is 0 Å². The third kappa shape index (κ3) is 4.74. The number of ether oxygens (including phenoxy) is 1. The number of aromatic amines is 1. The van der Waals surface area contributed by atoms with E-state index >= 15 is 0 Å². The van der Waals surface area contributed by atoms with Crippen molar-refractivity contribution in [1.82, 2.24) is 9.88 Å². The molecule has 0 spiro atoms. The van der Waals surface area contributed by atoms with Crippen LogP contribution in [0.4, 0.5) is 0 Å². The fourth-order valence-corrected chi connectivity index (χ4v) is 2.89. The number of nitrogens with zero attached hydrogens (tertiary/aromatic N) is 1. The third-order valence-corrected chi connectivity index (χ3v) is 4.37. The lowest BCUT2D eigenvalue weighted by Gasteiger charge is -2.24. The molecule has 0 aliphatic heterocycles. The first kappa shape index (κ1) is 19.3. The molecule has 0 bridgehead atoms. The molecule has 2 aromatic rings. The predicted molar refractivity (Wildman–Crippen MR) is 97.1 cm³/mol. The molecule has 0 radical (unpaired) electrons. The number of carboxylic acids is 1. The number of para-hydroxylation sites is 1. The molecule has 1 heterocycles. The SMILES string of the molecule is CCOCCCN(CC(C)C(=O)O)C(=O)c1[nH]c2ccccc2c1Cl. The van der Waals surface area contributed by atoms with Gasteiger partial charge in [-0.1, -0.05) is 36.7 Å². The van der Waals surface area contributed by atoms with Gasteiger partial charge in [-0.15, -0.1) is 0 Å². The number of rotatable bonds is 9.